The van der Waals surface area contributed by atoms with Crippen molar-refractivity contribution in [3.63, 3.8) is 0 Å². The second-order valence-electron chi connectivity index (χ2n) is 4.16. The molecule has 118 valence electrons. The third-order valence-electron chi connectivity index (χ3n) is 2.76. The first-order valence-corrected chi connectivity index (χ1v) is 6.86. The number of pyridine rings is 1. The summed E-state index contributed by atoms with van der Waals surface area (Å²) in [4.78, 5) is 11.8. The van der Waals surface area contributed by atoms with E-state index in [1.807, 2.05) is 0 Å². The number of ether oxygens (including phenoxy) is 2. The first-order valence-electron chi connectivity index (χ1n) is 6.05. The van der Waals surface area contributed by atoms with Gasteiger partial charge in [0, 0.05) is 23.2 Å². The number of nitrogens with zero attached hydrogens (tertiary/aromatic N) is 1. The van der Waals surface area contributed by atoms with Crippen molar-refractivity contribution in [1.82, 2.24) is 4.57 Å². The number of alkyl halides is 3. The van der Waals surface area contributed by atoms with Crippen molar-refractivity contribution >= 4 is 11.8 Å². The Morgan fingerprint density at radius 1 is 1.05 bits per heavy atom. The van der Waals surface area contributed by atoms with Gasteiger partial charge in [0.25, 0.3) is 5.56 Å². The van der Waals surface area contributed by atoms with E-state index in [1.54, 1.807) is 12.1 Å². The predicted molar refractivity (Wildman–Crippen MR) is 77.1 cm³/mol. The fourth-order valence-electron chi connectivity index (χ4n) is 1.84. The third-order valence-corrected chi connectivity index (χ3v) is 3.47. The van der Waals surface area contributed by atoms with Gasteiger partial charge in [0.2, 0.25) is 0 Å². The molecule has 0 aliphatic heterocycles. The minimum Gasteiger partial charge on any atom is -0.493 e. The zero-order valence-corrected chi connectivity index (χ0v) is 12.5. The minimum absolute atomic E-state index is 0.0816. The van der Waals surface area contributed by atoms with Crippen LogP contribution in [0.25, 0.3) is 5.69 Å². The predicted octanol–water partition coefficient (Wildman–Crippen LogP) is 3.47. The van der Waals surface area contributed by atoms with Crippen LogP contribution in [0.2, 0.25) is 0 Å². The number of benzene rings is 1. The number of hydrogen-bond donors (Lipinski definition) is 0. The van der Waals surface area contributed by atoms with Crippen LogP contribution in [-0.2, 0) is 0 Å². The lowest BCUT2D eigenvalue weighted by atomic mass is 10.2. The van der Waals surface area contributed by atoms with E-state index in [1.165, 1.54) is 20.3 Å². The smallest absolute Gasteiger partial charge is 0.446 e. The van der Waals surface area contributed by atoms with Gasteiger partial charge in [-0.15, -0.1) is 0 Å². The Morgan fingerprint density at radius 2 is 1.73 bits per heavy atom. The maximum atomic E-state index is 12.4. The van der Waals surface area contributed by atoms with Crippen molar-refractivity contribution in [1.29, 1.82) is 0 Å². The van der Waals surface area contributed by atoms with Crippen LogP contribution in [0.3, 0.4) is 0 Å². The summed E-state index contributed by atoms with van der Waals surface area (Å²) < 4.78 is 48.6. The van der Waals surface area contributed by atoms with Crippen molar-refractivity contribution in [2.75, 3.05) is 14.2 Å². The van der Waals surface area contributed by atoms with Crippen molar-refractivity contribution in [2.45, 2.75) is 10.4 Å². The van der Waals surface area contributed by atoms with Crippen molar-refractivity contribution in [2.24, 2.45) is 0 Å². The van der Waals surface area contributed by atoms with E-state index in [0.717, 1.165) is 22.9 Å². The number of hydrogen-bond acceptors (Lipinski definition) is 4. The Morgan fingerprint density at radius 3 is 2.32 bits per heavy atom. The molecule has 0 saturated heterocycles. The Balaban J connectivity index is 2.48. The van der Waals surface area contributed by atoms with E-state index in [-0.39, 0.29) is 16.7 Å². The Labute approximate surface area is 128 Å². The van der Waals surface area contributed by atoms with Crippen LogP contribution < -0.4 is 15.0 Å². The quantitative estimate of drug-likeness (QED) is 0.805. The molecule has 0 amide bonds. The zero-order chi connectivity index (χ0) is 16.3. The molecular formula is C14H12F3NO3S. The SMILES string of the molecule is COc1ccc(-n2cc(SC(F)(F)F)ccc2=O)cc1OC. The summed E-state index contributed by atoms with van der Waals surface area (Å²) in [6.45, 7) is 0. The van der Waals surface area contributed by atoms with Gasteiger partial charge in [-0.2, -0.15) is 13.2 Å². The molecule has 8 heteroatoms. The maximum absolute atomic E-state index is 12.4. The van der Waals surface area contributed by atoms with E-state index < -0.39 is 11.1 Å². The first kappa shape index (κ1) is 16.3. The van der Waals surface area contributed by atoms with Gasteiger partial charge < -0.3 is 9.47 Å². The van der Waals surface area contributed by atoms with E-state index >= 15 is 0 Å². The molecule has 0 unspecified atom stereocenters. The van der Waals surface area contributed by atoms with E-state index in [0.29, 0.717) is 17.2 Å². The number of thioether (sulfide) groups is 1. The van der Waals surface area contributed by atoms with Crippen LogP contribution in [0, 0.1) is 0 Å². The molecule has 0 radical (unpaired) electrons. The summed E-state index contributed by atoms with van der Waals surface area (Å²) in [5.41, 5.74) is -4.48. The molecule has 2 rings (SSSR count). The molecule has 22 heavy (non-hydrogen) atoms. The summed E-state index contributed by atoms with van der Waals surface area (Å²) >= 11 is -0.280. The number of aromatic nitrogens is 1. The molecule has 1 aromatic carbocycles. The van der Waals surface area contributed by atoms with Gasteiger partial charge in [0.1, 0.15) is 0 Å². The van der Waals surface area contributed by atoms with Gasteiger partial charge in [-0.25, -0.2) is 0 Å². The molecular weight excluding hydrogens is 319 g/mol. The lowest BCUT2D eigenvalue weighted by Crippen LogP contribution is -2.17. The topological polar surface area (TPSA) is 40.5 Å². The highest BCUT2D eigenvalue weighted by Gasteiger charge is 2.29. The average Bonchev–Trinajstić information content (AvgIpc) is 2.47. The molecule has 0 aliphatic carbocycles. The van der Waals surface area contributed by atoms with Crippen molar-refractivity contribution < 1.29 is 22.6 Å². The molecule has 0 saturated carbocycles. The van der Waals surface area contributed by atoms with Gasteiger partial charge in [0.05, 0.1) is 19.9 Å². The fourth-order valence-corrected chi connectivity index (χ4v) is 2.40. The van der Waals surface area contributed by atoms with E-state index in [4.69, 9.17) is 9.47 Å². The normalized spacial score (nSPS) is 11.3. The average molecular weight is 331 g/mol. The van der Waals surface area contributed by atoms with Crippen LogP contribution in [0.1, 0.15) is 0 Å². The molecule has 0 atom stereocenters. The van der Waals surface area contributed by atoms with E-state index in [2.05, 4.69) is 0 Å². The lowest BCUT2D eigenvalue weighted by molar-refractivity contribution is -0.0328. The molecule has 0 fully saturated rings. The third kappa shape index (κ3) is 3.76. The van der Waals surface area contributed by atoms with Gasteiger partial charge in [-0.3, -0.25) is 9.36 Å². The molecule has 2 aromatic rings. The maximum Gasteiger partial charge on any atom is 0.446 e. The molecule has 0 bridgehead atoms. The summed E-state index contributed by atoms with van der Waals surface area (Å²) in [7, 11) is 2.89. The standard InChI is InChI=1S/C14H12F3NO3S/c1-20-11-5-3-9(7-12(11)21-2)18-8-10(4-6-13(18)19)22-14(15,16)17/h3-8H,1-2H3. The van der Waals surface area contributed by atoms with Gasteiger partial charge in [0.15, 0.2) is 11.5 Å². The van der Waals surface area contributed by atoms with Crippen LogP contribution in [0.15, 0.2) is 46.2 Å². The summed E-state index contributed by atoms with van der Waals surface area (Å²) in [6.07, 6.45) is 1.14. The minimum atomic E-state index is -4.42. The number of rotatable bonds is 4. The molecule has 0 aliphatic rings. The second-order valence-corrected chi connectivity index (χ2v) is 5.30. The molecule has 1 heterocycles. The van der Waals surface area contributed by atoms with Crippen LogP contribution in [-0.4, -0.2) is 24.3 Å². The Hall–Kier alpha value is -2.09. The molecule has 0 N–H and O–H groups in total. The summed E-state index contributed by atoms with van der Waals surface area (Å²) in [5, 5.41) is 0. The van der Waals surface area contributed by atoms with Gasteiger partial charge in [-0.1, -0.05) is 0 Å². The first-order chi connectivity index (χ1) is 10.3. The monoisotopic (exact) mass is 331 g/mol. The Bertz CT molecular complexity index is 728. The molecule has 1 aromatic heterocycles. The van der Waals surface area contributed by atoms with Crippen LogP contribution >= 0.6 is 11.8 Å². The van der Waals surface area contributed by atoms with E-state index in [9.17, 15) is 18.0 Å². The Kier molecular flexibility index (Phi) is 4.70. The highest BCUT2D eigenvalue weighted by Crippen LogP contribution is 2.36. The fraction of sp³-hybridized carbons (Fsp3) is 0.214. The van der Waals surface area contributed by atoms with Gasteiger partial charge in [-0.05, 0) is 30.0 Å². The second kappa shape index (κ2) is 6.35. The molecule has 0 spiro atoms. The van der Waals surface area contributed by atoms with Crippen molar-refractivity contribution in [3.05, 3.63) is 46.9 Å². The van der Waals surface area contributed by atoms with Crippen molar-refractivity contribution in [3.8, 4) is 17.2 Å². The molecule has 4 nitrogen and oxygen atoms in total. The highest BCUT2D eigenvalue weighted by atomic mass is 32.2. The summed E-state index contributed by atoms with van der Waals surface area (Å²) in [5.74, 6) is 0.834. The van der Waals surface area contributed by atoms with Crippen LogP contribution in [0.4, 0.5) is 13.2 Å². The lowest BCUT2D eigenvalue weighted by Gasteiger charge is -2.12. The number of halogens is 3. The van der Waals surface area contributed by atoms with Crippen LogP contribution in [0.5, 0.6) is 11.5 Å². The number of methoxy groups -OCH3 is 2. The zero-order valence-electron chi connectivity index (χ0n) is 11.7. The largest absolute Gasteiger partial charge is 0.493 e. The summed E-state index contributed by atoms with van der Waals surface area (Å²) in [6, 6.07) is 6.87. The van der Waals surface area contributed by atoms with Gasteiger partial charge >= 0.3 is 5.51 Å². The highest BCUT2D eigenvalue weighted by molar-refractivity contribution is 8.00.